The predicted octanol–water partition coefficient (Wildman–Crippen LogP) is 5.17. The minimum Gasteiger partial charge on any atom is -0.335 e. The monoisotopic (exact) mass is 527 g/mol. The number of rotatable bonds is 4. The molecular formula is C21H14ClF8N3O2. The first-order valence-corrected chi connectivity index (χ1v) is 10.2. The molecular weight excluding hydrogens is 514 g/mol. The predicted molar refractivity (Wildman–Crippen MR) is 106 cm³/mol. The maximum absolute atomic E-state index is 15.0. The molecule has 1 aromatic heterocycles. The lowest BCUT2D eigenvalue weighted by Crippen LogP contribution is -2.59. The number of pyridine rings is 1. The highest BCUT2D eigenvalue weighted by Gasteiger charge is 2.60. The van der Waals surface area contributed by atoms with Gasteiger partial charge in [-0.15, -0.1) is 0 Å². The van der Waals surface area contributed by atoms with Crippen LogP contribution in [-0.2, 0) is 20.9 Å². The number of carbonyl (C=O) groups excluding carboxylic acids is 1. The number of hydrogen-bond acceptors (Lipinski definition) is 4. The standard InChI is InChI=1S/C21H14ClF8N3O2/c22-13-3-12(4-14(23)5-13)19(21(28,29)30)6-15(32-35-19)11-1-2-16(31-8-11)18(24)9-33(10-18)17(34)7-20(25,26)27/h1-6,8,32H,7,9-10H2. The Balaban J connectivity index is 1.55. The molecule has 1 N–H and O–H groups in total. The molecule has 0 radical (unpaired) electrons. The van der Waals surface area contributed by atoms with E-state index in [0.29, 0.717) is 17.0 Å². The summed E-state index contributed by atoms with van der Waals surface area (Å²) >= 11 is 5.70. The van der Waals surface area contributed by atoms with E-state index in [0.717, 1.165) is 24.4 Å². The van der Waals surface area contributed by atoms with Crippen molar-refractivity contribution in [1.82, 2.24) is 15.4 Å². The molecule has 188 valence electrons. The van der Waals surface area contributed by atoms with E-state index in [2.05, 4.69) is 10.5 Å². The van der Waals surface area contributed by atoms with Crippen molar-refractivity contribution < 1.29 is 44.8 Å². The van der Waals surface area contributed by atoms with Gasteiger partial charge in [-0.25, -0.2) is 8.78 Å². The molecule has 1 unspecified atom stereocenters. The molecule has 0 bridgehead atoms. The van der Waals surface area contributed by atoms with Gasteiger partial charge in [-0.05, 0) is 36.4 Å². The van der Waals surface area contributed by atoms with E-state index < -0.39 is 60.4 Å². The highest BCUT2D eigenvalue weighted by molar-refractivity contribution is 6.30. The lowest BCUT2D eigenvalue weighted by atomic mass is 9.90. The number of amides is 1. The van der Waals surface area contributed by atoms with Crippen LogP contribution in [0, 0.1) is 5.82 Å². The molecule has 1 aromatic carbocycles. The van der Waals surface area contributed by atoms with E-state index in [1.54, 1.807) is 0 Å². The number of halogens is 9. The summed E-state index contributed by atoms with van der Waals surface area (Å²) in [7, 11) is 0. The highest BCUT2D eigenvalue weighted by atomic mass is 35.5. The second-order valence-electron chi connectivity index (χ2n) is 8.09. The van der Waals surface area contributed by atoms with Crippen molar-refractivity contribution in [3.63, 3.8) is 0 Å². The quantitative estimate of drug-likeness (QED) is 0.558. The van der Waals surface area contributed by atoms with E-state index in [4.69, 9.17) is 16.4 Å². The molecule has 0 saturated carbocycles. The van der Waals surface area contributed by atoms with Crippen LogP contribution in [0.1, 0.15) is 23.2 Å². The smallest absolute Gasteiger partial charge is 0.335 e. The number of hydrogen-bond donors (Lipinski definition) is 1. The first kappa shape index (κ1) is 25.2. The average Bonchev–Trinajstić information content (AvgIpc) is 3.16. The zero-order valence-electron chi connectivity index (χ0n) is 17.3. The molecule has 1 amide bonds. The maximum atomic E-state index is 15.0. The lowest BCUT2D eigenvalue weighted by molar-refractivity contribution is -0.269. The molecule has 4 rings (SSSR count). The van der Waals surface area contributed by atoms with Gasteiger partial charge in [-0.1, -0.05) is 11.6 Å². The molecule has 0 spiro atoms. The van der Waals surface area contributed by atoms with Gasteiger partial charge in [-0.2, -0.15) is 26.3 Å². The number of benzene rings is 1. The van der Waals surface area contributed by atoms with E-state index in [-0.39, 0.29) is 22.0 Å². The Labute approximate surface area is 197 Å². The lowest BCUT2D eigenvalue weighted by Gasteiger charge is -2.44. The third-order valence-electron chi connectivity index (χ3n) is 5.50. The molecule has 1 saturated heterocycles. The molecule has 2 aromatic rings. The van der Waals surface area contributed by atoms with Crippen LogP contribution in [0.15, 0.2) is 42.6 Å². The number of aromatic nitrogens is 1. The van der Waals surface area contributed by atoms with Gasteiger partial charge in [-0.3, -0.25) is 20.1 Å². The number of nitrogens with one attached hydrogen (secondary N) is 1. The third-order valence-corrected chi connectivity index (χ3v) is 5.72. The molecule has 5 nitrogen and oxygen atoms in total. The van der Waals surface area contributed by atoms with Gasteiger partial charge in [0, 0.05) is 22.3 Å². The first-order valence-electron chi connectivity index (χ1n) is 9.82. The molecule has 35 heavy (non-hydrogen) atoms. The number of likely N-dealkylation sites (tertiary alicyclic amines) is 1. The van der Waals surface area contributed by atoms with Crippen LogP contribution < -0.4 is 5.48 Å². The molecule has 0 aliphatic carbocycles. The van der Waals surface area contributed by atoms with Gasteiger partial charge in [0.25, 0.3) is 0 Å². The third kappa shape index (κ3) is 4.79. The fraction of sp³-hybridized carbons (Fsp3) is 0.333. The zero-order chi connectivity index (χ0) is 25.8. The Morgan fingerprint density at radius 2 is 1.83 bits per heavy atom. The Hall–Kier alpha value is -2.93. The van der Waals surface area contributed by atoms with Crippen LogP contribution in [0.2, 0.25) is 5.02 Å². The Bertz CT molecular complexity index is 1160. The van der Waals surface area contributed by atoms with Gasteiger partial charge in [0.05, 0.1) is 24.5 Å². The summed E-state index contributed by atoms with van der Waals surface area (Å²) in [5, 5.41) is -0.281. The highest BCUT2D eigenvalue weighted by Crippen LogP contribution is 2.48. The van der Waals surface area contributed by atoms with Gasteiger partial charge in [0.1, 0.15) is 12.2 Å². The van der Waals surface area contributed by atoms with Crippen molar-refractivity contribution >= 4 is 23.2 Å². The minimum atomic E-state index is -5.03. The largest absolute Gasteiger partial charge is 0.428 e. The van der Waals surface area contributed by atoms with Crippen molar-refractivity contribution in [2.24, 2.45) is 0 Å². The molecule has 3 heterocycles. The normalized spacial score (nSPS) is 21.9. The topological polar surface area (TPSA) is 54.5 Å². The summed E-state index contributed by atoms with van der Waals surface area (Å²) in [5.74, 6) is -2.29. The van der Waals surface area contributed by atoms with Crippen molar-refractivity contribution in [1.29, 1.82) is 0 Å². The van der Waals surface area contributed by atoms with Crippen LogP contribution >= 0.6 is 11.6 Å². The number of nitrogens with zero attached hydrogens (tertiary/aromatic N) is 2. The second kappa shape index (κ2) is 8.33. The zero-order valence-corrected chi connectivity index (χ0v) is 18.0. The average molecular weight is 528 g/mol. The van der Waals surface area contributed by atoms with Crippen molar-refractivity contribution in [2.45, 2.75) is 30.0 Å². The SMILES string of the molecule is O=C(CC(F)(F)F)N1CC(F)(c2ccc(C3=CC(c4cc(F)cc(Cl)c4)(C(F)(F)F)ON3)cn2)C1. The summed E-state index contributed by atoms with van der Waals surface area (Å²) in [6.45, 7) is -1.29. The molecule has 1 atom stereocenters. The minimum absolute atomic E-state index is 0.0512. The van der Waals surface area contributed by atoms with Gasteiger partial charge < -0.3 is 4.90 Å². The van der Waals surface area contributed by atoms with Gasteiger partial charge >= 0.3 is 12.4 Å². The van der Waals surface area contributed by atoms with Crippen molar-refractivity contribution in [3.05, 3.63) is 70.3 Å². The molecule has 2 aliphatic rings. The van der Waals surface area contributed by atoms with E-state index >= 15 is 0 Å². The van der Waals surface area contributed by atoms with Crippen LogP contribution in [-0.4, -0.2) is 41.2 Å². The van der Waals surface area contributed by atoms with Crippen LogP contribution in [0.3, 0.4) is 0 Å². The van der Waals surface area contributed by atoms with E-state index in [9.17, 15) is 39.9 Å². The fourth-order valence-corrected chi connectivity index (χ4v) is 3.97. The first-order chi connectivity index (χ1) is 16.1. The Morgan fingerprint density at radius 3 is 2.37 bits per heavy atom. The number of hydroxylamine groups is 1. The maximum Gasteiger partial charge on any atom is 0.428 e. The Morgan fingerprint density at radius 1 is 1.14 bits per heavy atom. The van der Waals surface area contributed by atoms with E-state index in [1.807, 2.05) is 0 Å². The van der Waals surface area contributed by atoms with Gasteiger partial charge in [0.15, 0.2) is 5.67 Å². The van der Waals surface area contributed by atoms with Crippen LogP contribution in [0.4, 0.5) is 35.1 Å². The van der Waals surface area contributed by atoms with Crippen molar-refractivity contribution in [2.75, 3.05) is 13.1 Å². The molecule has 2 aliphatic heterocycles. The number of alkyl halides is 7. The summed E-state index contributed by atoms with van der Waals surface area (Å²) in [6.07, 6.45) is -9.79. The van der Waals surface area contributed by atoms with E-state index in [1.165, 1.54) is 6.07 Å². The van der Waals surface area contributed by atoms with Crippen molar-refractivity contribution in [3.8, 4) is 0 Å². The number of carbonyl (C=O) groups is 1. The molecule has 1 fully saturated rings. The second-order valence-corrected chi connectivity index (χ2v) is 8.53. The summed E-state index contributed by atoms with van der Waals surface area (Å²) in [4.78, 5) is 21.0. The summed E-state index contributed by atoms with van der Waals surface area (Å²) < 4.78 is 108. The fourth-order valence-electron chi connectivity index (χ4n) is 3.75. The Kier molecular flexibility index (Phi) is 5.99. The van der Waals surface area contributed by atoms with Crippen LogP contribution in [0.25, 0.3) is 5.70 Å². The molecule has 14 heteroatoms. The summed E-state index contributed by atoms with van der Waals surface area (Å²) in [6, 6.07) is 4.70. The van der Waals surface area contributed by atoms with Gasteiger partial charge in [0.2, 0.25) is 11.5 Å². The van der Waals surface area contributed by atoms with Crippen LogP contribution in [0.5, 0.6) is 0 Å². The summed E-state index contributed by atoms with van der Waals surface area (Å²) in [5.41, 5.74) is -4.16.